The fourth-order valence-corrected chi connectivity index (χ4v) is 2.09. The molecule has 1 heterocycles. The molecule has 5 nitrogen and oxygen atoms in total. The van der Waals surface area contributed by atoms with Gasteiger partial charge in [-0.15, -0.1) is 0 Å². The maximum atomic E-state index is 9.95. The Balaban J connectivity index is 2.87. The Labute approximate surface area is 96.0 Å². The van der Waals surface area contributed by atoms with E-state index in [0.29, 0.717) is 0 Å². The number of hydrogen-bond donors (Lipinski definition) is 3. The van der Waals surface area contributed by atoms with E-state index >= 15 is 0 Å². The Bertz CT molecular complexity index is 223. The van der Waals surface area contributed by atoms with Crippen LogP contribution in [0.15, 0.2) is 0 Å². The molecule has 1 aliphatic rings. The molecule has 3 N–H and O–H groups in total. The van der Waals surface area contributed by atoms with Crippen LogP contribution in [0, 0.1) is 5.41 Å². The molecule has 0 aromatic carbocycles. The quantitative estimate of drug-likeness (QED) is 0.602. The minimum atomic E-state index is -1.04. The summed E-state index contributed by atoms with van der Waals surface area (Å²) in [6, 6.07) is 0. The first kappa shape index (κ1) is 13.9. The molecule has 0 aromatic rings. The molecule has 0 amide bonds. The summed E-state index contributed by atoms with van der Waals surface area (Å²) >= 11 is 0. The van der Waals surface area contributed by atoms with Crippen molar-refractivity contribution in [2.45, 2.75) is 51.3 Å². The smallest absolute Gasteiger partial charge is 0.114 e. The summed E-state index contributed by atoms with van der Waals surface area (Å²) in [5, 5.41) is 29.0. The molecule has 0 bridgehead atoms. The van der Waals surface area contributed by atoms with Crippen molar-refractivity contribution in [1.82, 2.24) is 0 Å². The van der Waals surface area contributed by atoms with E-state index in [9.17, 15) is 15.3 Å². The third-order valence-corrected chi connectivity index (χ3v) is 2.99. The lowest BCUT2D eigenvalue weighted by Crippen LogP contribution is -2.62. The second kappa shape index (κ2) is 4.98. The van der Waals surface area contributed by atoms with Gasteiger partial charge in [0.1, 0.15) is 24.4 Å². The van der Waals surface area contributed by atoms with Crippen molar-refractivity contribution in [1.29, 1.82) is 0 Å². The van der Waals surface area contributed by atoms with Crippen molar-refractivity contribution in [3.63, 3.8) is 0 Å². The van der Waals surface area contributed by atoms with Gasteiger partial charge in [0.25, 0.3) is 0 Å². The van der Waals surface area contributed by atoms with Gasteiger partial charge in [0, 0.05) is 7.11 Å². The van der Waals surface area contributed by atoms with Crippen LogP contribution in [0.4, 0.5) is 0 Å². The summed E-state index contributed by atoms with van der Waals surface area (Å²) in [6.45, 7) is 5.49. The van der Waals surface area contributed by atoms with Crippen molar-refractivity contribution in [3.05, 3.63) is 0 Å². The molecule has 1 rings (SSSR count). The number of aliphatic hydroxyl groups is 3. The van der Waals surface area contributed by atoms with Crippen LogP contribution < -0.4 is 0 Å². The minimum Gasteiger partial charge on any atom is -0.394 e. The second-order valence-electron chi connectivity index (χ2n) is 5.33. The van der Waals surface area contributed by atoms with Gasteiger partial charge >= 0.3 is 0 Å². The molecule has 0 radical (unpaired) electrons. The minimum absolute atomic E-state index is 0.241. The van der Waals surface area contributed by atoms with E-state index in [-0.39, 0.29) is 12.0 Å². The molecular weight excluding hydrogens is 212 g/mol. The first-order valence-corrected chi connectivity index (χ1v) is 5.48. The average Bonchev–Trinajstić information content (AvgIpc) is 2.19. The molecule has 2 unspecified atom stereocenters. The molecular formula is C11H22O5. The van der Waals surface area contributed by atoms with Crippen molar-refractivity contribution in [2.24, 2.45) is 5.41 Å². The topological polar surface area (TPSA) is 79.2 Å². The lowest BCUT2D eigenvalue weighted by atomic mass is 9.80. The zero-order valence-corrected chi connectivity index (χ0v) is 10.3. The van der Waals surface area contributed by atoms with E-state index in [2.05, 4.69) is 0 Å². The van der Waals surface area contributed by atoms with E-state index in [1.165, 1.54) is 7.11 Å². The maximum absolute atomic E-state index is 9.95. The number of aliphatic hydroxyl groups excluding tert-OH is 3. The lowest BCUT2D eigenvalue weighted by Gasteiger charge is -2.46. The largest absolute Gasteiger partial charge is 0.394 e. The molecule has 96 valence electrons. The highest BCUT2D eigenvalue weighted by molar-refractivity contribution is 4.96. The second-order valence-corrected chi connectivity index (χ2v) is 5.33. The summed E-state index contributed by atoms with van der Waals surface area (Å²) < 4.78 is 10.6. The van der Waals surface area contributed by atoms with Crippen LogP contribution in [0.2, 0.25) is 0 Å². The molecule has 0 saturated carbocycles. The fourth-order valence-electron chi connectivity index (χ4n) is 2.09. The first-order valence-electron chi connectivity index (χ1n) is 5.48. The van der Waals surface area contributed by atoms with Crippen LogP contribution in [-0.2, 0) is 9.47 Å². The Morgan fingerprint density at radius 1 is 1.19 bits per heavy atom. The first-order chi connectivity index (χ1) is 7.32. The van der Waals surface area contributed by atoms with E-state index in [1.807, 2.05) is 20.8 Å². The summed E-state index contributed by atoms with van der Waals surface area (Å²) in [4.78, 5) is 0. The van der Waals surface area contributed by atoms with E-state index < -0.39 is 30.5 Å². The Kier molecular flexibility index (Phi) is 4.31. The van der Waals surface area contributed by atoms with Crippen LogP contribution in [-0.4, -0.2) is 59.6 Å². The maximum Gasteiger partial charge on any atom is 0.114 e. The summed E-state index contributed by atoms with van der Waals surface area (Å²) in [5.41, 5.74) is -0.313. The van der Waals surface area contributed by atoms with Crippen molar-refractivity contribution in [3.8, 4) is 0 Å². The lowest BCUT2D eigenvalue weighted by molar-refractivity contribution is -0.256. The van der Waals surface area contributed by atoms with Crippen LogP contribution in [0.3, 0.4) is 0 Å². The summed E-state index contributed by atoms with van der Waals surface area (Å²) in [6.07, 6.45) is -3.87. The van der Waals surface area contributed by atoms with E-state index in [4.69, 9.17) is 9.47 Å². The van der Waals surface area contributed by atoms with Crippen LogP contribution >= 0.6 is 0 Å². The number of methoxy groups -OCH3 is 1. The molecule has 0 spiro atoms. The SMILES string of the molecule is CO[C@H]1C(CO)O[C@@H](C(C)(C)C)C(O)[C@H]1O. The van der Waals surface area contributed by atoms with Gasteiger partial charge in [-0.05, 0) is 5.41 Å². The fraction of sp³-hybridized carbons (Fsp3) is 1.00. The Morgan fingerprint density at radius 3 is 2.12 bits per heavy atom. The molecule has 0 aliphatic carbocycles. The van der Waals surface area contributed by atoms with Gasteiger partial charge in [0.05, 0.1) is 12.7 Å². The molecule has 5 atom stereocenters. The van der Waals surface area contributed by atoms with Crippen molar-refractivity contribution in [2.75, 3.05) is 13.7 Å². The summed E-state index contributed by atoms with van der Waals surface area (Å²) in [7, 11) is 1.42. The normalized spacial score (nSPS) is 41.1. The van der Waals surface area contributed by atoms with Gasteiger partial charge in [-0.1, -0.05) is 20.8 Å². The van der Waals surface area contributed by atoms with Crippen molar-refractivity contribution >= 4 is 0 Å². The summed E-state index contributed by atoms with van der Waals surface area (Å²) in [5.74, 6) is 0. The number of hydrogen-bond acceptors (Lipinski definition) is 5. The van der Waals surface area contributed by atoms with E-state index in [1.54, 1.807) is 0 Å². The number of rotatable bonds is 2. The van der Waals surface area contributed by atoms with Gasteiger partial charge in [0.2, 0.25) is 0 Å². The van der Waals surface area contributed by atoms with Crippen LogP contribution in [0.5, 0.6) is 0 Å². The Morgan fingerprint density at radius 2 is 1.75 bits per heavy atom. The predicted octanol–water partition coefficient (Wildman–Crippen LogP) is -0.471. The third-order valence-electron chi connectivity index (χ3n) is 2.99. The van der Waals surface area contributed by atoms with Gasteiger partial charge in [0.15, 0.2) is 0 Å². The third kappa shape index (κ3) is 2.55. The molecule has 5 heteroatoms. The zero-order valence-electron chi connectivity index (χ0n) is 10.3. The van der Waals surface area contributed by atoms with Gasteiger partial charge in [-0.25, -0.2) is 0 Å². The van der Waals surface area contributed by atoms with Gasteiger partial charge in [-0.2, -0.15) is 0 Å². The standard InChI is InChI=1S/C11H22O5/c1-11(2,3)10-8(14)7(13)9(15-4)6(5-12)16-10/h6-10,12-14H,5H2,1-4H3/t6?,7-,8?,9+,10-/m1/s1. The van der Waals surface area contributed by atoms with Gasteiger partial charge < -0.3 is 24.8 Å². The highest BCUT2D eigenvalue weighted by Crippen LogP contribution is 2.33. The predicted molar refractivity (Wildman–Crippen MR) is 58.0 cm³/mol. The highest BCUT2D eigenvalue weighted by atomic mass is 16.6. The number of ether oxygens (including phenoxy) is 2. The van der Waals surface area contributed by atoms with Crippen molar-refractivity contribution < 1.29 is 24.8 Å². The highest BCUT2D eigenvalue weighted by Gasteiger charge is 2.48. The molecule has 16 heavy (non-hydrogen) atoms. The van der Waals surface area contributed by atoms with Crippen LogP contribution in [0.1, 0.15) is 20.8 Å². The Hall–Kier alpha value is -0.200. The van der Waals surface area contributed by atoms with Crippen LogP contribution in [0.25, 0.3) is 0 Å². The zero-order chi connectivity index (χ0) is 12.5. The molecule has 1 aliphatic heterocycles. The van der Waals surface area contributed by atoms with Gasteiger partial charge in [-0.3, -0.25) is 0 Å². The average molecular weight is 234 g/mol. The molecule has 1 fully saturated rings. The molecule has 0 aromatic heterocycles. The van der Waals surface area contributed by atoms with E-state index in [0.717, 1.165) is 0 Å². The monoisotopic (exact) mass is 234 g/mol. The molecule has 1 saturated heterocycles.